The number of carbonyl (C=O) groups excluding carboxylic acids is 2. The molecule has 1 amide bonds. The molecule has 0 aliphatic carbocycles. The number of carbonyl (C=O) groups is 2. The fraction of sp³-hybridized carbons (Fsp3) is 0. The van der Waals surface area contributed by atoms with E-state index in [-0.39, 0.29) is 21.6 Å². The maximum Gasteiger partial charge on any atom is 0.291 e. The number of aromatic nitrogens is 1. The van der Waals surface area contributed by atoms with Gasteiger partial charge in [-0.3, -0.25) is 9.59 Å². The lowest BCUT2D eigenvalue weighted by atomic mass is 10.1. The second kappa shape index (κ2) is 5.89. The van der Waals surface area contributed by atoms with Crippen molar-refractivity contribution >= 4 is 52.3 Å². The molecule has 2 aromatic rings. The number of Topliss-reactive ketones (excluding diaryl/α,β-unsaturated/α-hetero) is 1. The predicted octanol–water partition coefficient (Wildman–Crippen LogP) is 2.96. The first-order valence-corrected chi connectivity index (χ1v) is 6.70. The average Bonchev–Trinajstić information content (AvgIpc) is 2.42. The zero-order chi connectivity index (χ0) is 15.7. The number of ketones is 1. The van der Waals surface area contributed by atoms with Crippen molar-refractivity contribution in [2.45, 2.75) is 0 Å². The summed E-state index contributed by atoms with van der Waals surface area (Å²) < 4.78 is 0. The minimum absolute atomic E-state index is 0.00216. The number of amides is 1. The number of benzene rings is 1. The highest BCUT2D eigenvalue weighted by Crippen LogP contribution is 2.38. The Kier molecular flexibility index (Phi) is 4.37. The Morgan fingerprint density at radius 3 is 2.29 bits per heavy atom. The molecule has 0 aliphatic heterocycles. The molecule has 4 N–H and O–H groups in total. The third-order valence-corrected chi connectivity index (χ3v) is 3.68. The molecule has 0 saturated heterocycles. The lowest BCUT2D eigenvalue weighted by molar-refractivity contribution is -0.114. The van der Waals surface area contributed by atoms with Crippen molar-refractivity contribution < 1.29 is 9.59 Å². The number of primary amides is 1. The summed E-state index contributed by atoms with van der Waals surface area (Å²) in [5, 5.41) is 0.885. The van der Waals surface area contributed by atoms with Crippen LogP contribution in [0.5, 0.6) is 0 Å². The van der Waals surface area contributed by atoms with Crippen LogP contribution in [0.1, 0.15) is 10.5 Å². The highest BCUT2D eigenvalue weighted by Gasteiger charge is 2.17. The highest BCUT2D eigenvalue weighted by atomic mass is 35.5. The molecule has 0 radical (unpaired) electrons. The van der Waals surface area contributed by atoms with Crippen LogP contribution in [-0.4, -0.2) is 16.7 Å². The third-order valence-electron chi connectivity index (χ3n) is 2.66. The van der Waals surface area contributed by atoms with Crippen LogP contribution in [0.2, 0.25) is 15.1 Å². The van der Waals surface area contributed by atoms with E-state index in [0.717, 1.165) is 0 Å². The van der Waals surface area contributed by atoms with Crippen LogP contribution in [0.3, 0.4) is 0 Å². The maximum absolute atomic E-state index is 11.5. The first kappa shape index (κ1) is 15.6. The number of hydrogen-bond acceptors (Lipinski definition) is 4. The Balaban J connectivity index is 2.57. The smallest absolute Gasteiger partial charge is 0.291 e. The lowest BCUT2D eigenvalue weighted by Gasteiger charge is -2.10. The van der Waals surface area contributed by atoms with Gasteiger partial charge >= 0.3 is 0 Å². The van der Waals surface area contributed by atoms with E-state index in [4.69, 9.17) is 46.3 Å². The van der Waals surface area contributed by atoms with Crippen molar-refractivity contribution in [2.24, 2.45) is 5.73 Å². The number of nitrogens with two attached hydrogens (primary N) is 2. The summed E-state index contributed by atoms with van der Waals surface area (Å²) in [5.74, 6) is -2.04. The van der Waals surface area contributed by atoms with Crippen LogP contribution < -0.4 is 11.5 Å². The van der Waals surface area contributed by atoms with Crippen LogP contribution in [0.4, 0.5) is 5.82 Å². The van der Waals surface area contributed by atoms with Crippen molar-refractivity contribution in [1.82, 2.24) is 4.98 Å². The van der Waals surface area contributed by atoms with E-state index in [1.807, 2.05) is 0 Å². The standard InChI is InChI=1S/C13H8Cl3N3O2/c14-5-3-7(10(16)8(15)4-5)6-1-2-9(19-12(6)17)11(20)13(18)21/h1-4H,(H2,17,19)(H2,18,21). The molecule has 8 heteroatoms. The molecule has 0 unspecified atom stereocenters. The largest absolute Gasteiger partial charge is 0.383 e. The van der Waals surface area contributed by atoms with E-state index < -0.39 is 11.7 Å². The number of hydrogen-bond donors (Lipinski definition) is 2. The average molecular weight is 345 g/mol. The third kappa shape index (κ3) is 3.10. The molecule has 21 heavy (non-hydrogen) atoms. The number of nitrogens with zero attached hydrogens (tertiary/aromatic N) is 1. The summed E-state index contributed by atoms with van der Waals surface area (Å²) in [6, 6.07) is 5.87. The van der Waals surface area contributed by atoms with Gasteiger partial charge in [0.2, 0.25) is 0 Å². The minimum Gasteiger partial charge on any atom is -0.383 e. The second-order valence-corrected chi connectivity index (χ2v) is 5.29. The van der Waals surface area contributed by atoms with Crippen LogP contribution in [0.15, 0.2) is 24.3 Å². The van der Waals surface area contributed by atoms with E-state index in [0.29, 0.717) is 16.1 Å². The van der Waals surface area contributed by atoms with Crippen LogP contribution in [-0.2, 0) is 4.79 Å². The number of rotatable bonds is 3. The molecule has 0 bridgehead atoms. The van der Waals surface area contributed by atoms with Gasteiger partial charge in [0.1, 0.15) is 11.5 Å². The number of pyridine rings is 1. The Hall–Kier alpha value is -1.82. The van der Waals surface area contributed by atoms with Gasteiger partial charge in [0.15, 0.2) is 0 Å². The normalized spacial score (nSPS) is 10.4. The van der Waals surface area contributed by atoms with Gasteiger partial charge in [-0.1, -0.05) is 34.8 Å². The molecule has 1 aromatic carbocycles. The van der Waals surface area contributed by atoms with E-state index >= 15 is 0 Å². The highest BCUT2D eigenvalue weighted by molar-refractivity contribution is 6.45. The van der Waals surface area contributed by atoms with Gasteiger partial charge in [-0.15, -0.1) is 0 Å². The zero-order valence-corrected chi connectivity index (χ0v) is 12.6. The second-order valence-electron chi connectivity index (χ2n) is 4.07. The summed E-state index contributed by atoms with van der Waals surface area (Å²) in [4.78, 5) is 26.2. The molecule has 108 valence electrons. The summed E-state index contributed by atoms with van der Waals surface area (Å²) in [6.45, 7) is 0. The van der Waals surface area contributed by atoms with Gasteiger partial charge in [0, 0.05) is 16.1 Å². The van der Waals surface area contributed by atoms with Gasteiger partial charge in [-0.05, 0) is 24.3 Å². The Morgan fingerprint density at radius 1 is 1.05 bits per heavy atom. The van der Waals surface area contributed by atoms with Crippen LogP contribution in [0, 0.1) is 0 Å². The van der Waals surface area contributed by atoms with Crippen molar-refractivity contribution in [1.29, 1.82) is 0 Å². The molecule has 1 aromatic heterocycles. The van der Waals surface area contributed by atoms with Gasteiger partial charge in [-0.2, -0.15) is 0 Å². The molecule has 0 atom stereocenters. The van der Waals surface area contributed by atoms with Gasteiger partial charge in [0.25, 0.3) is 11.7 Å². The Labute approximate surface area is 134 Å². The monoisotopic (exact) mass is 343 g/mol. The summed E-state index contributed by atoms with van der Waals surface area (Å²) in [7, 11) is 0. The van der Waals surface area contributed by atoms with Crippen molar-refractivity contribution in [2.75, 3.05) is 5.73 Å². The van der Waals surface area contributed by atoms with E-state index in [1.54, 1.807) is 6.07 Å². The maximum atomic E-state index is 11.5. The predicted molar refractivity (Wildman–Crippen MR) is 82.6 cm³/mol. The zero-order valence-electron chi connectivity index (χ0n) is 10.4. The Morgan fingerprint density at radius 2 is 1.71 bits per heavy atom. The first-order chi connectivity index (χ1) is 9.81. The molecule has 1 heterocycles. The summed E-state index contributed by atoms with van der Waals surface area (Å²) >= 11 is 18.0. The van der Waals surface area contributed by atoms with Gasteiger partial charge < -0.3 is 11.5 Å². The molecule has 2 rings (SSSR count). The van der Waals surface area contributed by atoms with E-state index in [9.17, 15) is 9.59 Å². The van der Waals surface area contributed by atoms with Crippen LogP contribution >= 0.6 is 34.8 Å². The van der Waals surface area contributed by atoms with Crippen molar-refractivity contribution in [3.05, 3.63) is 45.0 Å². The molecule has 0 spiro atoms. The summed E-state index contributed by atoms with van der Waals surface area (Å²) in [5.41, 5.74) is 11.5. The SMILES string of the molecule is NC(=O)C(=O)c1ccc(-c2cc(Cl)cc(Cl)c2Cl)c(N)n1. The topological polar surface area (TPSA) is 99.1 Å². The summed E-state index contributed by atoms with van der Waals surface area (Å²) in [6.07, 6.45) is 0. The van der Waals surface area contributed by atoms with E-state index in [2.05, 4.69) is 4.98 Å². The molecule has 0 fully saturated rings. The van der Waals surface area contributed by atoms with E-state index in [1.165, 1.54) is 18.2 Å². The first-order valence-electron chi connectivity index (χ1n) is 5.57. The van der Waals surface area contributed by atoms with Crippen molar-refractivity contribution in [3.8, 4) is 11.1 Å². The molecule has 0 saturated carbocycles. The van der Waals surface area contributed by atoms with Gasteiger partial charge in [0.05, 0.1) is 10.0 Å². The van der Waals surface area contributed by atoms with Crippen molar-refractivity contribution in [3.63, 3.8) is 0 Å². The molecular weight excluding hydrogens is 337 g/mol. The minimum atomic E-state index is -1.11. The van der Waals surface area contributed by atoms with Gasteiger partial charge in [-0.25, -0.2) is 4.98 Å². The van der Waals surface area contributed by atoms with Crippen LogP contribution in [0.25, 0.3) is 11.1 Å². The number of halogens is 3. The fourth-order valence-electron chi connectivity index (χ4n) is 1.71. The lowest BCUT2D eigenvalue weighted by Crippen LogP contribution is -2.24. The molecule has 5 nitrogen and oxygen atoms in total. The molecule has 0 aliphatic rings. The number of anilines is 1. The fourth-order valence-corrected chi connectivity index (χ4v) is 2.41. The molecular formula is C13H8Cl3N3O2. The quantitative estimate of drug-likeness (QED) is 0.508. The number of nitrogen functional groups attached to an aromatic ring is 1. The Bertz CT molecular complexity index is 763.